The smallest absolute Gasteiger partial charge is 0.251 e. The van der Waals surface area contributed by atoms with Gasteiger partial charge in [-0.05, 0) is 43.5 Å². The molecule has 1 amide bonds. The Bertz CT molecular complexity index is 372. The van der Waals surface area contributed by atoms with E-state index in [2.05, 4.69) is 5.32 Å². The van der Waals surface area contributed by atoms with Crippen LogP contribution in [-0.2, 0) is 0 Å². The van der Waals surface area contributed by atoms with Crippen molar-refractivity contribution in [1.29, 1.82) is 0 Å². The van der Waals surface area contributed by atoms with Crippen LogP contribution in [0.5, 0.6) is 0 Å². The normalized spacial score (nSPS) is 12.2. The van der Waals surface area contributed by atoms with E-state index in [1.165, 1.54) is 5.56 Å². The van der Waals surface area contributed by atoms with Crippen LogP contribution in [-0.4, -0.2) is 17.8 Å². The largest absolute Gasteiger partial charge is 0.348 e. The summed E-state index contributed by atoms with van der Waals surface area (Å²) in [6.45, 7) is 6.04. The molecule has 0 aliphatic carbocycles. The number of nitrogens with one attached hydrogen (secondary N) is 1. The van der Waals surface area contributed by atoms with Gasteiger partial charge in [0.25, 0.3) is 5.91 Å². The van der Waals surface area contributed by atoms with Crippen LogP contribution in [0.15, 0.2) is 18.2 Å². The Kier molecular flexibility index (Phi) is 4.81. The monoisotopic (exact) mass is 239 g/mol. The number of alkyl halides is 1. The molecule has 16 heavy (non-hydrogen) atoms. The highest BCUT2D eigenvalue weighted by Gasteiger charge is 2.11. The zero-order chi connectivity index (χ0) is 12.1. The van der Waals surface area contributed by atoms with Gasteiger partial charge in [0.15, 0.2) is 0 Å². The van der Waals surface area contributed by atoms with Crippen molar-refractivity contribution in [2.75, 3.05) is 5.88 Å². The molecule has 0 spiro atoms. The Morgan fingerprint density at radius 3 is 2.56 bits per heavy atom. The van der Waals surface area contributed by atoms with E-state index in [0.717, 1.165) is 12.0 Å². The maximum Gasteiger partial charge on any atom is 0.251 e. The van der Waals surface area contributed by atoms with E-state index in [0.29, 0.717) is 11.4 Å². The standard InChI is InChI=1S/C13H18ClNO/c1-4-12(8-14)15-13(16)11-6-5-9(2)10(3)7-11/h5-7,12H,4,8H2,1-3H3,(H,15,16). The van der Waals surface area contributed by atoms with Crippen LogP contribution in [0.3, 0.4) is 0 Å². The molecule has 0 bridgehead atoms. The second kappa shape index (κ2) is 5.90. The van der Waals surface area contributed by atoms with Crippen LogP contribution in [0.1, 0.15) is 34.8 Å². The van der Waals surface area contributed by atoms with Crippen LogP contribution >= 0.6 is 11.6 Å². The molecule has 3 heteroatoms. The average molecular weight is 240 g/mol. The fourth-order valence-corrected chi connectivity index (χ4v) is 1.70. The third kappa shape index (κ3) is 3.24. The molecule has 0 aliphatic rings. The van der Waals surface area contributed by atoms with E-state index in [4.69, 9.17) is 11.6 Å². The minimum absolute atomic E-state index is 0.0457. The van der Waals surface area contributed by atoms with Crippen LogP contribution < -0.4 is 5.32 Å². The molecule has 1 N–H and O–H groups in total. The van der Waals surface area contributed by atoms with Gasteiger partial charge in [0.1, 0.15) is 0 Å². The molecule has 0 fully saturated rings. The molecule has 0 saturated heterocycles. The number of halogens is 1. The van der Waals surface area contributed by atoms with Crippen molar-refractivity contribution < 1.29 is 4.79 Å². The van der Waals surface area contributed by atoms with Crippen molar-refractivity contribution in [3.05, 3.63) is 34.9 Å². The SMILES string of the molecule is CCC(CCl)NC(=O)c1ccc(C)c(C)c1. The molecular weight excluding hydrogens is 222 g/mol. The highest BCUT2D eigenvalue weighted by molar-refractivity contribution is 6.18. The van der Waals surface area contributed by atoms with Crippen LogP contribution in [0.2, 0.25) is 0 Å². The summed E-state index contributed by atoms with van der Waals surface area (Å²) in [4.78, 5) is 11.9. The van der Waals surface area contributed by atoms with Gasteiger partial charge in [-0.15, -0.1) is 11.6 Å². The van der Waals surface area contributed by atoms with Crippen molar-refractivity contribution in [2.45, 2.75) is 33.2 Å². The molecular formula is C13H18ClNO. The van der Waals surface area contributed by atoms with E-state index in [9.17, 15) is 4.79 Å². The van der Waals surface area contributed by atoms with Crippen LogP contribution in [0, 0.1) is 13.8 Å². The Morgan fingerprint density at radius 2 is 2.06 bits per heavy atom. The number of hydrogen-bond acceptors (Lipinski definition) is 1. The second-order valence-electron chi connectivity index (χ2n) is 4.03. The summed E-state index contributed by atoms with van der Waals surface area (Å²) >= 11 is 5.74. The van der Waals surface area contributed by atoms with Gasteiger partial charge in [0, 0.05) is 17.5 Å². The predicted molar refractivity (Wildman–Crippen MR) is 68.2 cm³/mol. The fourth-order valence-electron chi connectivity index (χ4n) is 1.40. The number of benzene rings is 1. The number of amides is 1. The van der Waals surface area contributed by atoms with Gasteiger partial charge in [-0.3, -0.25) is 4.79 Å². The lowest BCUT2D eigenvalue weighted by Crippen LogP contribution is -2.35. The van der Waals surface area contributed by atoms with Gasteiger partial charge in [-0.25, -0.2) is 0 Å². The van der Waals surface area contributed by atoms with E-state index in [-0.39, 0.29) is 11.9 Å². The first-order chi connectivity index (χ1) is 7.58. The molecule has 0 heterocycles. The molecule has 0 aliphatic heterocycles. The summed E-state index contributed by atoms with van der Waals surface area (Å²) in [7, 11) is 0. The zero-order valence-electron chi connectivity index (χ0n) is 10.0. The summed E-state index contributed by atoms with van der Waals surface area (Å²) < 4.78 is 0. The Labute approximate surface area is 102 Å². The number of carbonyl (C=O) groups excluding carboxylic acids is 1. The van der Waals surface area contributed by atoms with Crippen LogP contribution in [0.25, 0.3) is 0 Å². The molecule has 1 atom stereocenters. The zero-order valence-corrected chi connectivity index (χ0v) is 10.8. The van der Waals surface area contributed by atoms with Gasteiger partial charge in [-0.1, -0.05) is 13.0 Å². The fraction of sp³-hybridized carbons (Fsp3) is 0.462. The first-order valence-corrected chi connectivity index (χ1v) is 6.06. The molecule has 1 rings (SSSR count). The van der Waals surface area contributed by atoms with Crippen molar-refractivity contribution in [1.82, 2.24) is 5.32 Å². The predicted octanol–water partition coefficient (Wildman–Crippen LogP) is 3.05. The Morgan fingerprint density at radius 1 is 1.38 bits per heavy atom. The van der Waals surface area contributed by atoms with E-state index in [1.807, 2.05) is 39.0 Å². The first-order valence-electron chi connectivity index (χ1n) is 5.52. The topological polar surface area (TPSA) is 29.1 Å². The average Bonchev–Trinajstić information content (AvgIpc) is 2.29. The highest BCUT2D eigenvalue weighted by Crippen LogP contribution is 2.10. The summed E-state index contributed by atoms with van der Waals surface area (Å²) in [6.07, 6.45) is 0.847. The van der Waals surface area contributed by atoms with Gasteiger partial charge in [0.05, 0.1) is 0 Å². The lowest BCUT2D eigenvalue weighted by molar-refractivity contribution is 0.0939. The second-order valence-corrected chi connectivity index (χ2v) is 4.34. The molecule has 0 aromatic heterocycles. The molecule has 2 nitrogen and oxygen atoms in total. The van der Waals surface area contributed by atoms with Crippen molar-refractivity contribution in [3.63, 3.8) is 0 Å². The summed E-state index contributed by atoms with van der Waals surface area (Å²) in [5.41, 5.74) is 3.03. The maximum absolute atomic E-state index is 11.9. The van der Waals surface area contributed by atoms with E-state index >= 15 is 0 Å². The molecule has 1 aromatic carbocycles. The van der Waals surface area contributed by atoms with Gasteiger partial charge < -0.3 is 5.32 Å². The molecule has 0 radical (unpaired) electrons. The molecule has 0 saturated carbocycles. The van der Waals surface area contributed by atoms with E-state index in [1.54, 1.807) is 0 Å². The third-order valence-electron chi connectivity index (χ3n) is 2.78. The summed E-state index contributed by atoms with van der Waals surface area (Å²) in [6, 6.07) is 5.77. The van der Waals surface area contributed by atoms with Gasteiger partial charge in [0.2, 0.25) is 0 Å². The minimum Gasteiger partial charge on any atom is -0.348 e. The Hall–Kier alpha value is -1.02. The molecule has 1 aromatic rings. The van der Waals surface area contributed by atoms with Crippen LogP contribution in [0.4, 0.5) is 0 Å². The number of aryl methyl sites for hydroxylation is 2. The Balaban J connectivity index is 2.76. The first kappa shape index (κ1) is 13.0. The van der Waals surface area contributed by atoms with Crippen molar-refractivity contribution in [3.8, 4) is 0 Å². The number of hydrogen-bond donors (Lipinski definition) is 1. The number of carbonyl (C=O) groups is 1. The van der Waals surface area contributed by atoms with E-state index < -0.39 is 0 Å². The number of rotatable bonds is 4. The van der Waals surface area contributed by atoms with Gasteiger partial charge >= 0.3 is 0 Å². The van der Waals surface area contributed by atoms with Gasteiger partial charge in [-0.2, -0.15) is 0 Å². The third-order valence-corrected chi connectivity index (χ3v) is 3.16. The summed E-state index contributed by atoms with van der Waals surface area (Å²) in [5.74, 6) is 0.406. The van der Waals surface area contributed by atoms with Crippen molar-refractivity contribution in [2.24, 2.45) is 0 Å². The maximum atomic E-state index is 11.9. The molecule has 1 unspecified atom stereocenters. The lowest BCUT2D eigenvalue weighted by Gasteiger charge is -2.14. The van der Waals surface area contributed by atoms with Crippen molar-refractivity contribution >= 4 is 17.5 Å². The quantitative estimate of drug-likeness (QED) is 0.804. The molecule has 88 valence electrons. The highest BCUT2D eigenvalue weighted by atomic mass is 35.5. The minimum atomic E-state index is -0.0457. The lowest BCUT2D eigenvalue weighted by atomic mass is 10.1. The summed E-state index contributed by atoms with van der Waals surface area (Å²) in [5, 5.41) is 2.91.